The van der Waals surface area contributed by atoms with Gasteiger partial charge in [0.1, 0.15) is 5.76 Å². The summed E-state index contributed by atoms with van der Waals surface area (Å²) < 4.78 is 43.7. The Morgan fingerprint density at radius 1 is 1.18 bits per heavy atom. The van der Waals surface area contributed by atoms with Gasteiger partial charge in [-0.15, -0.1) is 0 Å². The van der Waals surface area contributed by atoms with Crippen molar-refractivity contribution >= 4 is 17.6 Å². The Kier molecular flexibility index (Phi) is 7.75. The van der Waals surface area contributed by atoms with E-state index < -0.39 is 29.5 Å². The zero-order chi connectivity index (χ0) is 24.2. The standard InChI is InChI=1S/C22H27F3N4O4/c1-14-19(15(2)33-27-14)13-29-8-6-28(7-9-29)12-16(21(31)32)10-20(30)26-18-5-3-4-17(11-18)22(23,24)25/h3-5,11,16H,6-10,12-13H2,1-2H3,(H,26,30)(H,31,32)/t16-/m1/s1. The van der Waals surface area contributed by atoms with Crippen molar-refractivity contribution < 1.29 is 32.4 Å². The van der Waals surface area contributed by atoms with Crippen LogP contribution in [0.25, 0.3) is 0 Å². The van der Waals surface area contributed by atoms with Gasteiger partial charge >= 0.3 is 12.1 Å². The lowest BCUT2D eigenvalue weighted by Crippen LogP contribution is -2.48. The molecule has 11 heteroatoms. The molecule has 0 aliphatic carbocycles. The number of hydrogen-bond acceptors (Lipinski definition) is 6. The molecule has 2 heterocycles. The maximum atomic E-state index is 12.8. The van der Waals surface area contributed by atoms with Crippen LogP contribution in [0.3, 0.4) is 0 Å². The van der Waals surface area contributed by atoms with Crippen LogP contribution < -0.4 is 5.32 Å². The van der Waals surface area contributed by atoms with Crippen LogP contribution in [0.2, 0.25) is 0 Å². The van der Waals surface area contributed by atoms with E-state index in [0.29, 0.717) is 19.6 Å². The smallest absolute Gasteiger partial charge is 0.416 e. The van der Waals surface area contributed by atoms with Gasteiger partial charge in [0.15, 0.2) is 0 Å². The molecule has 3 rings (SSSR count). The van der Waals surface area contributed by atoms with E-state index in [2.05, 4.69) is 15.4 Å². The molecule has 1 amide bonds. The van der Waals surface area contributed by atoms with E-state index in [9.17, 15) is 27.9 Å². The highest BCUT2D eigenvalue weighted by molar-refractivity contribution is 5.93. The molecule has 2 N–H and O–H groups in total. The van der Waals surface area contributed by atoms with Crippen LogP contribution in [-0.2, 0) is 22.3 Å². The number of nitrogens with one attached hydrogen (secondary N) is 1. The molecule has 1 atom stereocenters. The predicted octanol–water partition coefficient (Wildman–Crippen LogP) is 3.16. The minimum atomic E-state index is -4.53. The molecule has 8 nitrogen and oxygen atoms in total. The molecule has 1 saturated heterocycles. The largest absolute Gasteiger partial charge is 0.481 e. The number of aliphatic carboxylic acids is 1. The van der Waals surface area contributed by atoms with E-state index >= 15 is 0 Å². The fourth-order valence-electron chi connectivity index (χ4n) is 3.83. The second-order valence-electron chi connectivity index (χ2n) is 8.25. The Balaban J connectivity index is 1.51. The second-order valence-corrected chi connectivity index (χ2v) is 8.25. The van der Waals surface area contributed by atoms with Crippen molar-refractivity contribution in [3.05, 3.63) is 46.8 Å². The highest BCUT2D eigenvalue weighted by Gasteiger charge is 2.31. The van der Waals surface area contributed by atoms with Gasteiger partial charge < -0.3 is 14.9 Å². The molecule has 0 unspecified atom stereocenters. The molecule has 0 radical (unpaired) electrons. The van der Waals surface area contributed by atoms with Crippen molar-refractivity contribution in [1.82, 2.24) is 15.0 Å². The van der Waals surface area contributed by atoms with Gasteiger partial charge in [-0.2, -0.15) is 13.2 Å². The number of rotatable bonds is 8. The van der Waals surface area contributed by atoms with Crippen molar-refractivity contribution in [3.8, 4) is 0 Å². The number of anilines is 1. The average Bonchev–Trinajstić information content (AvgIpc) is 3.06. The van der Waals surface area contributed by atoms with Gasteiger partial charge in [-0.25, -0.2) is 0 Å². The average molecular weight is 468 g/mol. The normalized spacial score (nSPS) is 16.5. The van der Waals surface area contributed by atoms with Crippen LogP contribution >= 0.6 is 0 Å². The Morgan fingerprint density at radius 3 is 2.42 bits per heavy atom. The van der Waals surface area contributed by atoms with Crippen molar-refractivity contribution in [2.45, 2.75) is 33.0 Å². The third kappa shape index (κ3) is 6.78. The molecule has 2 aromatic rings. The van der Waals surface area contributed by atoms with Gasteiger partial charge in [0, 0.05) is 56.9 Å². The van der Waals surface area contributed by atoms with E-state index in [1.807, 2.05) is 18.7 Å². The van der Waals surface area contributed by atoms with Gasteiger partial charge in [-0.3, -0.25) is 19.4 Å². The Morgan fingerprint density at radius 2 is 1.85 bits per heavy atom. The molecule has 0 saturated carbocycles. The first kappa shape index (κ1) is 24.7. The molecule has 1 aromatic carbocycles. The topological polar surface area (TPSA) is 98.9 Å². The molecule has 180 valence electrons. The van der Waals surface area contributed by atoms with Gasteiger partial charge in [0.25, 0.3) is 0 Å². The monoisotopic (exact) mass is 468 g/mol. The lowest BCUT2D eigenvalue weighted by molar-refractivity contribution is -0.144. The predicted molar refractivity (Wildman–Crippen MR) is 114 cm³/mol. The fraction of sp³-hybridized carbons (Fsp3) is 0.500. The van der Waals surface area contributed by atoms with Crippen LogP contribution in [-0.4, -0.2) is 64.7 Å². The minimum absolute atomic E-state index is 0.0214. The summed E-state index contributed by atoms with van der Waals surface area (Å²) >= 11 is 0. The number of amides is 1. The number of carbonyl (C=O) groups is 2. The second kappa shape index (κ2) is 10.3. The Labute approximate surface area is 189 Å². The van der Waals surface area contributed by atoms with E-state index in [-0.39, 0.29) is 18.7 Å². The number of hydrogen-bond donors (Lipinski definition) is 2. The molecular formula is C22H27F3N4O4. The number of nitrogens with zero attached hydrogens (tertiary/aromatic N) is 3. The number of carbonyl (C=O) groups excluding carboxylic acids is 1. The first-order valence-corrected chi connectivity index (χ1v) is 10.6. The van der Waals surface area contributed by atoms with E-state index in [1.54, 1.807) is 0 Å². The van der Waals surface area contributed by atoms with Crippen LogP contribution in [0, 0.1) is 19.8 Å². The number of alkyl halides is 3. The molecular weight excluding hydrogens is 441 g/mol. The van der Waals surface area contributed by atoms with Crippen LogP contribution in [0.5, 0.6) is 0 Å². The van der Waals surface area contributed by atoms with Crippen molar-refractivity contribution in [2.24, 2.45) is 5.92 Å². The van der Waals surface area contributed by atoms with Gasteiger partial charge in [-0.05, 0) is 32.0 Å². The summed E-state index contributed by atoms with van der Waals surface area (Å²) in [5.74, 6) is -1.94. The Bertz CT molecular complexity index is 965. The number of aromatic nitrogens is 1. The number of carboxylic acid groups (broad SMARTS) is 1. The lowest BCUT2D eigenvalue weighted by atomic mass is 10.0. The molecule has 1 aromatic heterocycles. The number of piperazine rings is 1. The number of halogens is 3. The molecule has 1 aliphatic heterocycles. The first-order chi connectivity index (χ1) is 15.5. The van der Waals surface area contributed by atoms with Crippen molar-refractivity contribution in [1.29, 1.82) is 0 Å². The summed E-state index contributed by atoms with van der Waals surface area (Å²) in [5, 5.41) is 15.9. The third-order valence-corrected chi connectivity index (χ3v) is 5.76. The third-order valence-electron chi connectivity index (χ3n) is 5.76. The maximum absolute atomic E-state index is 12.8. The molecule has 0 bridgehead atoms. The lowest BCUT2D eigenvalue weighted by Gasteiger charge is -2.35. The Hall–Kier alpha value is -2.92. The van der Waals surface area contributed by atoms with Gasteiger partial charge in [-0.1, -0.05) is 11.2 Å². The SMILES string of the molecule is Cc1noc(C)c1CN1CCN(C[C@@H](CC(=O)Nc2cccc(C(F)(F)F)c2)C(=O)O)CC1. The van der Waals surface area contributed by atoms with Gasteiger partial charge in [0.05, 0.1) is 17.2 Å². The van der Waals surface area contributed by atoms with Crippen LogP contribution in [0.1, 0.15) is 29.0 Å². The summed E-state index contributed by atoms with van der Waals surface area (Å²) in [4.78, 5) is 28.3. The maximum Gasteiger partial charge on any atom is 0.416 e. The van der Waals surface area contributed by atoms with Crippen LogP contribution in [0.15, 0.2) is 28.8 Å². The first-order valence-electron chi connectivity index (χ1n) is 10.6. The summed E-state index contributed by atoms with van der Waals surface area (Å²) in [6.07, 6.45) is -4.86. The minimum Gasteiger partial charge on any atom is -0.481 e. The van der Waals surface area contributed by atoms with E-state index in [1.165, 1.54) is 12.1 Å². The highest BCUT2D eigenvalue weighted by atomic mass is 19.4. The molecule has 1 fully saturated rings. The summed E-state index contributed by atoms with van der Waals surface area (Å²) in [6, 6.07) is 4.25. The quantitative estimate of drug-likeness (QED) is 0.614. The van der Waals surface area contributed by atoms with Gasteiger partial charge in [0.2, 0.25) is 5.91 Å². The summed E-state index contributed by atoms with van der Waals surface area (Å²) in [5.41, 5.74) is 1.00. The molecule has 1 aliphatic rings. The fourth-order valence-corrected chi connectivity index (χ4v) is 3.83. The number of aryl methyl sites for hydroxylation is 2. The van der Waals surface area contributed by atoms with E-state index in [0.717, 1.165) is 42.2 Å². The zero-order valence-corrected chi connectivity index (χ0v) is 18.5. The van der Waals surface area contributed by atoms with Crippen molar-refractivity contribution in [2.75, 3.05) is 38.0 Å². The highest BCUT2D eigenvalue weighted by Crippen LogP contribution is 2.30. The number of benzene rings is 1. The molecule has 33 heavy (non-hydrogen) atoms. The summed E-state index contributed by atoms with van der Waals surface area (Å²) in [6.45, 7) is 7.39. The van der Waals surface area contributed by atoms with E-state index in [4.69, 9.17) is 4.52 Å². The zero-order valence-electron chi connectivity index (χ0n) is 18.5. The number of carboxylic acids is 1. The molecule has 0 spiro atoms. The van der Waals surface area contributed by atoms with Crippen molar-refractivity contribution in [3.63, 3.8) is 0 Å². The van der Waals surface area contributed by atoms with Crippen LogP contribution in [0.4, 0.5) is 18.9 Å². The summed E-state index contributed by atoms with van der Waals surface area (Å²) in [7, 11) is 0.